The third-order valence-electron chi connectivity index (χ3n) is 3.31. The van der Waals surface area contributed by atoms with Gasteiger partial charge in [0, 0.05) is 12.2 Å². The maximum Gasteiger partial charge on any atom is 0.170 e. The van der Waals surface area contributed by atoms with Crippen molar-refractivity contribution < 1.29 is 5.11 Å². The van der Waals surface area contributed by atoms with Crippen LogP contribution in [0.4, 0.5) is 5.69 Å². The van der Waals surface area contributed by atoms with Crippen molar-refractivity contribution in [1.82, 2.24) is 10.3 Å². The molecule has 0 aliphatic rings. The Balaban J connectivity index is 1.89. The molecule has 1 aromatic heterocycles. The van der Waals surface area contributed by atoms with Crippen LogP contribution in [0.1, 0.15) is 13.3 Å². The van der Waals surface area contributed by atoms with Gasteiger partial charge in [-0.25, -0.2) is 4.98 Å². The van der Waals surface area contributed by atoms with Crippen molar-refractivity contribution in [2.75, 3.05) is 11.9 Å². The lowest BCUT2D eigenvalue weighted by Gasteiger charge is -2.11. The first kappa shape index (κ1) is 15.7. The number of para-hydroxylation sites is 1. The molecule has 3 rings (SSSR count). The van der Waals surface area contributed by atoms with Gasteiger partial charge in [-0.3, -0.25) is 0 Å². The van der Waals surface area contributed by atoms with E-state index in [4.69, 9.17) is 12.2 Å². The minimum atomic E-state index is 0.210. The summed E-state index contributed by atoms with van der Waals surface area (Å²) in [5.74, 6) is 0.210. The summed E-state index contributed by atoms with van der Waals surface area (Å²) in [7, 11) is 0. The molecular formula is C17H17N3OS2. The van der Waals surface area contributed by atoms with Gasteiger partial charge in [0.15, 0.2) is 5.11 Å². The first-order valence-corrected chi connectivity index (χ1v) is 8.63. The van der Waals surface area contributed by atoms with Gasteiger partial charge in [-0.05, 0) is 49.0 Å². The molecule has 0 fully saturated rings. The molecule has 0 saturated heterocycles. The molecule has 1 heterocycles. The number of anilines is 1. The fourth-order valence-corrected chi connectivity index (χ4v) is 3.40. The van der Waals surface area contributed by atoms with E-state index in [0.29, 0.717) is 10.7 Å². The van der Waals surface area contributed by atoms with Gasteiger partial charge in [0.2, 0.25) is 0 Å². The molecule has 0 amide bonds. The second kappa shape index (κ2) is 6.93. The molecule has 3 N–H and O–H groups in total. The standard InChI is InChI=1S/C17H17N3OS2/c1-2-9-18-17(22)19-11-7-8-14(21)12(10-11)16-20-13-5-3-4-6-15(13)23-16/h3-8,10,21H,2,9H2,1H3,(H2,18,19,22). The van der Waals surface area contributed by atoms with Gasteiger partial charge in [0.25, 0.3) is 0 Å². The van der Waals surface area contributed by atoms with Crippen LogP contribution in [0.5, 0.6) is 5.75 Å². The summed E-state index contributed by atoms with van der Waals surface area (Å²) in [5, 5.41) is 17.8. The van der Waals surface area contributed by atoms with Crippen molar-refractivity contribution in [3.8, 4) is 16.3 Å². The normalized spacial score (nSPS) is 10.7. The fraction of sp³-hybridized carbons (Fsp3) is 0.176. The van der Waals surface area contributed by atoms with Gasteiger partial charge in [0.05, 0.1) is 15.8 Å². The highest BCUT2D eigenvalue weighted by atomic mass is 32.1. The average molecular weight is 343 g/mol. The van der Waals surface area contributed by atoms with E-state index in [2.05, 4.69) is 22.5 Å². The topological polar surface area (TPSA) is 57.2 Å². The predicted molar refractivity (Wildman–Crippen MR) is 101 cm³/mol. The smallest absolute Gasteiger partial charge is 0.170 e. The SMILES string of the molecule is CCCNC(=S)Nc1ccc(O)c(-c2nc3ccccc3s2)c1. The van der Waals surface area contributed by atoms with Gasteiger partial charge in [0.1, 0.15) is 10.8 Å². The number of aromatic nitrogens is 1. The van der Waals surface area contributed by atoms with Crippen molar-refractivity contribution >= 4 is 44.6 Å². The van der Waals surface area contributed by atoms with Gasteiger partial charge in [-0.2, -0.15) is 0 Å². The monoisotopic (exact) mass is 343 g/mol. The van der Waals surface area contributed by atoms with Gasteiger partial charge < -0.3 is 15.7 Å². The number of thiazole rings is 1. The largest absolute Gasteiger partial charge is 0.507 e. The maximum absolute atomic E-state index is 10.2. The van der Waals surface area contributed by atoms with E-state index in [9.17, 15) is 5.11 Å². The van der Waals surface area contributed by atoms with Crippen molar-refractivity contribution in [2.24, 2.45) is 0 Å². The molecule has 6 heteroatoms. The number of hydrogen-bond donors (Lipinski definition) is 3. The zero-order valence-corrected chi connectivity index (χ0v) is 14.3. The number of rotatable bonds is 4. The van der Waals surface area contributed by atoms with Crippen molar-refractivity contribution in [1.29, 1.82) is 0 Å². The number of nitrogens with one attached hydrogen (secondary N) is 2. The Labute approximate surface area is 144 Å². The highest BCUT2D eigenvalue weighted by molar-refractivity contribution is 7.80. The molecule has 0 radical (unpaired) electrons. The van der Waals surface area contributed by atoms with E-state index in [1.807, 2.05) is 30.3 Å². The van der Waals surface area contributed by atoms with E-state index >= 15 is 0 Å². The van der Waals surface area contributed by atoms with Gasteiger partial charge >= 0.3 is 0 Å². The summed E-state index contributed by atoms with van der Waals surface area (Å²) < 4.78 is 1.10. The number of phenols is 1. The van der Waals surface area contributed by atoms with E-state index in [1.54, 1.807) is 23.5 Å². The van der Waals surface area contributed by atoms with Crippen LogP contribution in [0.3, 0.4) is 0 Å². The lowest BCUT2D eigenvalue weighted by Crippen LogP contribution is -2.28. The molecule has 0 saturated carbocycles. The lowest BCUT2D eigenvalue weighted by atomic mass is 10.2. The Kier molecular flexibility index (Phi) is 4.73. The minimum Gasteiger partial charge on any atom is -0.507 e. The van der Waals surface area contributed by atoms with Crippen LogP contribution in [0.25, 0.3) is 20.8 Å². The minimum absolute atomic E-state index is 0.210. The quantitative estimate of drug-likeness (QED) is 0.485. The molecule has 0 spiro atoms. The zero-order valence-electron chi connectivity index (χ0n) is 12.7. The number of aromatic hydroxyl groups is 1. The summed E-state index contributed by atoms with van der Waals surface area (Å²) in [6.45, 7) is 2.91. The fourth-order valence-electron chi connectivity index (χ4n) is 2.19. The van der Waals surface area contributed by atoms with Gasteiger partial charge in [-0.15, -0.1) is 11.3 Å². The number of phenolic OH excluding ortho intramolecular Hbond substituents is 1. The summed E-state index contributed by atoms with van der Waals surface area (Å²) in [6.07, 6.45) is 1.01. The highest BCUT2D eigenvalue weighted by Gasteiger charge is 2.11. The summed E-state index contributed by atoms with van der Waals surface area (Å²) in [6, 6.07) is 13.3. The summed E-state index contributed by atoms with van der Waals surface area (Å²) >= 11 is 6.81. The molecule has 0 aliphatic heterocycles. The average Bonchev–Trinajstić information content (AvgIpc) is 2.98. The molecule has 0 atom stereocenters. The molecule has 0 unspecified atom stereocenters. The third kappa shape index (κ3) is 3.60. The van der Waals surface area contributed by atoms with Crippen LogP contribution in [0, 0.1) is 0 Å². The molecule has 23 heavy (non-hydrogen) atoms. The first-order valence-electron chi connectivity index (χ1n) is 7.41. The third-order valence-corrected chi connectivity index (χ3v) is 4.63. The molecule has 118 valence electrons. The number of hydrogen-bond acceptors (Lipinski definition) is 4. The van der Waals surface area contributed by atoms with Crippen LogP contribution in [-0.2, 0) is 0 Å². The van der Waals surface area contributed by atoms with Crippen LogP contribution in [-0.4, -0.2) is 21.7 Å². The van der Waals surface area contributed by atoms with E-state index < -0.39 is 0 Å². The first-order chi connectivity index (χ1) is 11.2. The van der Waals surface area contributed by atoms with Crippen molar-refractivity contribution in [2.45, 2.75) is 13.3 Å². The Morgan fingerprint density at radius 2 is 2.09 bits per heavy atom. The second-order valence-electron chi connectivity index (χ2n) is 5.10. The summed E-state index contributed by atoms with van der Waals surface area (Å²) in [5.41, 5.74) is 2.46. The van der Waals surface area contributed by atoms with Crippen LogP contribution in [0.15, 0.2) is 42.5 Å². The Hall–Kier alpha value is -2.18. The van der Waals surface area contributed by atoms with E-state index in [0.717, 1.165) is 33.9 Å². The number of fused-ring (bicyclic) bond motifs is 1. The zero-order chi connectivity index (χ0) is 16.2. The Morgan fingerprint density at radius 1 is 1.26 bits per heavy atom. The number of thiocarbonyl (C=S) groups is 1. The molecular weight excluding hydrogens is 326 g/mol. The maximum atomic E-state index is 10.2. The van der Waals surface area contributed by atoms with Gasteiger partial charge in [-0.1, -0.05) is 19.1 Å². The number of benzene rings is 2. The van der Waals surface area contributed by atoms with Crippen LogP contribution < -0.4 is 10.6 Å². The summed E-state index contributed by atoms with van der Waals surface area (Å²) in [4.78, 5) is 4.60. The molecule has 0 bridgehead atoms. The predicted octanol–water partition coefficient (Wildman–Crippen LogP) is 4.37. The van der Waals surface area contributed by atoms with E-state index in [1.165, 1.54) is 0 Å². The second-order valence-corrected chi connectivity index (χ2v) is 6.54. The van der Waals surface area contributed by atoms with Crippen molar-refractivity contribution in [3.05, 3.63) is 42.5 Å². The van der Waals surface area contributed by atoms with E-state index in [-0.39, 0.29) is 5.75 Å². The highest BCUT2D eigenvalue weighted by Crippen LogP contribution is 2.36. The Morgan fingerprint density at radius 3 is 2.87 bits per heavy atom. The number of nitrogens with zero attached hydrogens (tertiary/aromatic N) is 1. The van der Waals surface area contributed by atoms with Crippen molar-refractivity contribution in [3.63, 3.8) is 0 Å². The molecule has 2 aromatic carbocycles. The lowest BCUT2D eigenvalue weighted by molar-refractivity contribution is 0.477. The molecule has 0 aliphatic carbocycles. The Bertz CT molecular complexity index is 812. The molecule has 4 nitrogen and oxygen atoms in total. The van der Waals surface area contributed by atoms with Crippen LogP contribution >= 0.6 is 23.6 Å². The van der Waals surface area contributed by atoms with Crippen LogP contribution in [0.2, 0.25) is 0 Å². The molecule has 3 aromatic rings.